The highest BCUT2D eigenvalue weighted by atomic mass is 16.6. The summed E-state index contributed by atoms with van der Waals surface area (Å²) in [4.78, 5) is 18.8. The predicted octanol–water partition coefficient (Wildman–Crippen LogP) is 3.62. The van der Waals surface area contributed by atoms with E-state index in [4.69, 9.17) is 9.94 Å². The van der Waals surface area contributed by atoms with Gasteiger partial charge in [0, 0.05) is 19.0 Å². The van der Waals surface area contributed by atoms with Crippen molar-refractivity contribution in [3.63, 3.8) is 0 Å². The van der Waals surface area contributed by atoms with Crippen LogP contribution in [0.3, 0.4) is 0 Å². The van der Waals surface area contributed by atoms with Crippen molar-refractivity contribution in [1.29, 1.82) is 0 Å². The standard InChI is InChI=1S/C22H26N2O3/c25-22(26)20-12-7-13-24(17-20)14-15-27-23-16-21(18-8-3-1-4-9-18)19-10-5-2-6-11-19/h1-6,8-11,16,20-21H,7,12-15,17H2,(H,25,26)/b23-16+/t20-/m1/s1. The maximum Gasteiger partial charge on any atom is 0.307 e. The van der Waals surface area contributed by atoms with Gasteiger partial charge in [0.1, 0.15) is 6.61 Å². The smallest absolute Gasteiger partial charge is 0.307 e. The molecule has 1 atom stereocenters. The first kappa shape index (κ1) is 19.1. The van der Waals surface area contributed by atoms with Crippen molar-refractivity contribution in [1.82, 2.24) is 4.90 Å². The molecule has 0 aromatic heterocycles. The van der Waals surface area contributed by atoms with E-state index in [-0.39, 0.29) is 11.8 Å². The van der Waals surface area contributed by atoms with Crippen LogP contribution in [0.25, 0.3) is 0 Å². The Balaban J connectivity index is 1.54. The molecule has 27 heavy (non-hydrogen) atoms. The highest BCUT2D eigenvalue weighted by Crippen LogP contribution is 2.22. The molecule has 5 heteroatoms. The quantitative estimate of drug-likeness (QED) is 0.440. The number of oxime groups is 1. The lowest BCUT2D eigenvalue weighted by Gasteiger charge is -2.29. The van der Waals surface area contributed by atoms with E-state index >= 15 is 0 Å². The minimum atomic E-state index is -0.702. The third kappa shape index (κ3) is 5.66. The van der Waals surface area contributed by atoms with Gasteiger partial charge in [0.15, 0.2) is 0 Å². The highest BCUT2D eigenvalue weighted by molar-refractivity contribution is 5.72. The summed E-state index contributed by atoms with van der Waals surface area (Å²) in [7, 11) is 0. The minimum Gasteiger partial charge on any atom is -0.481 e. The molecule has 1 heterocycles. The van der Waals surface area contributed by atoms with Gasteiger partial charge in [-0.25, -0.2) is 0 Å². The summed E-state index contributed by atoms with van der Waals surface area (Å²) >= 11 is 0. The molecule has 2 aromatic rings. The van der Waals surface area contributed by atoms with Gasteiger partial charge < -0.3 is 9.94 Å². The van der Waals surface area contributed by atoms with E-state index in [1.165, 1.54) is 0 Å². The molecule has 0 radical (unpaired) electrons. The Morgan fingerprint density at radius 3 is 2.37 bits per heavy atom. The molecule has 0 spiro atoms. The Bertz CT molecular complexity index is 694. The third-order valence-electron chi connectivity index (χ3n) is 4.96. The van der Waals surface area contributed by atoms with Gasteiger partial charge in [-0.2, -0.15) is 0 Å². The Morgan fingerprint density at radius 1 is 1.15 bits per heavy atom. The van der Waals surface area contributed by atoms with E-state index in [1.54, 1.807) is 0 Å². The van der Waals surface area contributed by atoms with E-state index in [0.717, 1.165) is 30.5 Å². The van der Waals surface area contributed by atoms with Gasteiger partial charge >= 0.3 is 5.97 Å². The van der Waals surface area contributed by atoms with Crippen molar-refractivity contribution in [3.05, 3.63) is 71.8 Å². The lowest BCUT2D eigenvalue weighted by Crippen LogP contribution is -2.40. The first-order chi connectivity index (χ1) is 13.2. The average molecular weight is 366 g/mol. The maximum absolute atomic E-state index is 11.1. The second-order valence-electron chi connectivity index (χ2n) is 6.86. The van der Waals surface area contributed by atoms with Crippen LogP contribution in [-0.2, 0) is 9.63 Å². The molecule has 1 fully saturated rings. The number of benzene rings is 2. The fourth-order valence-corrected chi connectivity index (χ4v) is 3.47. The second-order valence-corrected chi connectivity index (χ2v) is 6.86. The number of hydrogen-bond acceptors (Lipinski definition) is 4. The molecule has 0 saturated carbocycles. The molecule has 0 aliphatic carbocycles. The zero-order valence-electron chi connectivity index (χ0n) is 15.4. The lowest BCUT2D eigenvalue weighted by atomic mass is 9.92. The monoisotopic (exact) mass is 366 g/mol. The molecule has 0 bridgehead atoms. The number of nitrogens with zero attached hydrogens (tertiary/aromatic N) is 2. The number of carboxylic acids is 1. The van der Waals surface area contributed by atoms with Crippen LogP contribution in [0.2, 0.25) is 0 Å². The number of likely N-dealkylation sites (tertiary alicyclic amines) is 1. The van der Waals surface area contributed by atoms with Crippen molar-refractivity contribution in [3.8, 4) is 0 Å². The zero-order valence-corrected chi connectivity index (χ0v) is 15.4. The van der Waals surface area contributed by atoms with Crippen LogP contribution in [-0.4, -0.2) is 48.4 Å². The van der Waals surface area contributed by atoms with Crippen LogP contribution in [0.4, 0.5) is 0 Å². The lowest BCUT2D eigenvalue weighted by molar-refractivity contribution is -0.143. The number of aliphatic carboxylic acids is 1. The van der Waals surface area contributed by atoms with Gasteiger partial charge in [-0.1, -0.05) is 65.8 Å². The van der Waals surface area contributed by atoms with E-state index in [2.05, 4.69) is 34.3 Å². The van der Waals surface area contributed by atoms with E-state index in [0.29, 0.717) is 19.7 Å². The van der Waals surface area contributed by atoms with Crippen LogP contribution in [0.5, 0.6) is 0 Å². The second kappa shape index (κ2) is 9.88. The molecule has 1 N–H and O–H groups in total. The summed E-state index contributed by atoms with van der Waals surface area (Å²) in [5.41, 5.74) is 2.33. The predicted molar refractivity (Wildman–Crippen MR) is 106 cm³/mol. The van der Waals surface area contributed by atoms with Gasteiger partial charge in [0.05, 0.1) is 12.1 Å². The van der Waals surface area contributed by atoms with Crippen molar-refractivity contribution in [2.45, 2.75) is 18.8 Å². The van der Waals surface area contributed by atoms with Gasteiger partial charge in [-0.05, 0) is 30.5 Å². The van der Waals surface area contributed by atoms with E-state index in [1.807, 2.05) is 42.6 Å². The Kier molecular flexibility index (Phi) is 6.99. The molecule has 1 saturated heterocycles. The molecule has 1 aliphatic rings. The first-order valence-electron chi connectivity index (χ1n) is 9.44. The van der Waals surface area contributed by atoms with Crippen molar-refractivity contribution >= 4 is 12.2 Å². The SMILES string of the molecule is O=C(O)[C@@H]1CCCN(CCO/N=C/C(c2ccccc2)c2ccccc2)C1. The van der Waals surface area contributed by atoms with Crippen LogP contribution < -0.4 is 0 Å². The summed E-state index contributed by atoms with van der Waals surface area (Å²) in [6, 6.07) is 20.4. The molecule has 0 unspecified atom stereocenters. The summed E-state index contributed by atoms with van der Waals surface area (Å²) in [5, 5.41) is 13.4. The average Bonchev–Trinajstić information content (AvgIpc) is 2.72. The molecule has 3 rings (SSSR count). The van der Waals surface area contributed by atoms with E-state index < -0.39 is 5.97 Å². The topological polar surface area (TPSA) is 62.1 Å². The molecule has 2 aromatic carbocycles. The highest BCUT2D eigenvalue weighted by Gasteiger charge is 2.24. The number of carbonyl (C=O) groups is 1. The maximum atomic E-state index is 11.1. The molecular formula is C22H26N2O3. The molecule has 142 valence electrons. The molecular weight excluding hydrogens is 340 g/mol. The van der Waals surface area contributed by atoms with E-state index in [9.17, 15) is 4.79 Å². The van der Waals surface area contributed by atoms with Crippen LogP contribution >= 0.6 is 0 Å². The van der Waals surface area contributed by atoms with Crippen LogP contribution in [0.1, 0.15) is 29.9 Å². The summed E-state index contributed by atoms with van der Waals surface area (Å²) in [5.74, 6) is -0.922. The molecule has 5 nitrogen and oxygen atoms in total. The van der Waals surface area contributed by atoms with Gasteiger partial charge in [0.2, 0.25) is 0 Å². The van der Waals surface area contributed by atoms with Crippen molar-refractivity contribution in [2.24, 2.45) is 11.1 Å². The van der Waals surface area contributed by atoms with Crippen LogP contribution in [0, 0.1) is 5.92 Å². The van der Waals surface area contributed by atoms with Crippen LogP contribution in [0.15, 0.2) is 65.8 Å². The molecule has 1 aliphatic heterocycles. The number of rotatable bonds is 8. The summed E-state index contributed by atoms with van der Waals surface area (Å²) < 4.78 is 0. The van der Waals surface area contributed by atoms with Crippen molar-refractivity contribution in [2.75, 3.05) is 26.2 Å². The first-order valence-corrected chi connectivity index (χ1v) is 9.44. The Hall–Kier alpha value is -2.66. The Labute approximate surface area is 160 Å². The van der Waals surface area contributed by atoms with Gasteiger partial charge in [0.25, 0.3) is 0 Å². The third-order valence-corrected chi connectivity index (χ3v) is 4.96. The number of piperidine rings is 1. The summed E-state index contributed by atoms with van der Waals surface area (Å²) in [6.45, 7) is 2.67. The number of carboxylic acid groups (broad SMARTS) is 1. The largest absolute Gasteiger partial charge is 0.481 e. The summed E-state index contributed by atoms with van der Waals surface area (Å²) in [6.07, 6.45) is 3.52. The normalized spacial score (nSPS) is 18.0. The fourth-order valence-electron chi connectivity index (χ4n) is 3.47. The van der Waals surface area contributed by atoms with Crippen molar-refractivity contribution < 1.29 is 14.7 Å². The zero-order chi connectivity index (χ0) is 18.9. The van der Waals surface area contributed by atoms with Gasteiger partial charge in [-0.15, -0.1) is 0 Å². The van der Waals surface area contributed by atoms with Gasteiger partial charge in [-0.3, -0.25) is 9.69 Å². The molecule has 0 amide bonds. The number of hydrogen-bond donors (Lipinski definition) is 1. The minimum absolute atomic E-state index is 0.0405. The fraction of sp³-hybridized carbons (Fsp3) is 0.364. The Morgan fingerprint density at radius 2 is 1.78 bits per heavy atom.